The standard InChI is InChI=1S/C19H20N4O2S/c1-25-17-11-13(8-9-20-17)12-21-19(24)23-10-4-6-15(23)18-22-14-5-2-3-7-16(14)26-18/h2-3,5,7-9,11,15H,4,6,10,12H2,1H3,(H,21,24)/t15-/m0/s1. The van der Waals surface area contributed by atoms with Crippen LogP contribution in [0.15, 0.2) is 42.6 Å². The number of carbonyl (C=O) groups excluding carboxylic acids is 1. The minimum atomic E-state index is -0.0532. The van der Waals surface area contributed by atoms with Crippen molar-refractivity contribution >= 4 is 27.6 Å². The third-order valence-electron chi connectivity index (χ3n) is 4.56. The van der Waals surface area contributed by atoms with Gasteiger partial charge in [0.05, 0.1) is 23.4 Å². The molecule has 2 amide bonds. The van der Waals surface area contributed by atoms with Crippen molar-refractivity contribution in [2.75, 3.05) is 13.7 Å². The molecule has 2 aromatic heterocycles. The molecule has 0 bridgehead atoms. The summed E-state index contributed by atoms with van der Waals surface area (Å²) >= 11 is 1.68. The van der Waals surface area contributed by atoms with Crippen LogP contribution >= 0.6 is 11.3 Å². The first-order chi connectivity index (χ1) is 12.7. The maximum atomic E-state index is 12.7. The Bertz CT molecular complexity index is 894. The molecule has 0 saturated carbocycles. The second-order valence-electron chi connectivity index (χ2n) is 6.24. The van der Waals surface area contributed by atoms with Gasteiger partial charge in [0.25, 0.3) is 0 Å². The number of thiazole rings is 1. The topological polar surface area (TPSA) is 67.3 Å². The first-order valence-corrected chi connectivity index (χ1v) is 9.45. The Kier molecular flexibility index (Phi) is 4.71. The monoisotopic (exact) mass is 368 g/mol. The molecule has 3 heterocycles. The van der Waals surface area contributed by atoms with Crippen LogP contribution in [-0.2, 0) is 6.54 Å². The van der Waals surface area contributed by atoms with Crippen molar-refractivity contribution in [2.24, 2.45) is 0 Å². The van der Waals surface area contributed by atoms with Gasteiger partial charge in [0.2, 0.25) is 5.88 Å². The van der Waals surface area contributed by atoms with Crippen LogP contribution in [0, 0.1) is 0 Å². The smallest absolute Gasteiger partial charge is 0.318 e. The molecule has 0 unspecified atom stereocenters. The van der Waals surface area contributed by atoms with E-state index in [0.29, 0.717) is 12.4 Å². The number of fused-ring (bicyclic) bond motifs is 1. The van der Waals surface area contributed by atoms with E-state index < -0.39 is 0 Å². The molecular weight excluding hydrogens is 348 g/mol. The largest absolute Gasteiger partial charge is 0.481 e. The van der Waals surface area contributed by atoms with Crippen molar-refractivity contribution in [1.29, 1.82) is 0 Å². The SMILES string of the molecule is COc1cc(CNC(=O)N2CCC[C@H]2c2nc3ccccc3s2)ccn1. The third-order valence-corrected chi connectivity index (χ3v) is 5.70. The van der Waals surface area contributed by atoms with Crippen LogP contribution in [-0.4, -0.2) is 34.6 Å². The van der Waals surface area contributed by atoms with Crippen LogP contribution in [0.4, 0.5) is 4.79 Å². The molecule has 0 radical (unpaired) electrons. The number of hydrogen-bond acceptors (Lipinski definition) is 5. The van der Waals surface area contributed by atoms with Crippen molar-refractivity contribution in [3.8, 4) is 5.88 Å². The van der Waals surface area contributed by atoms with Crippen LogP contribution in [0.3, 0.4) is 0 Å². The highest BCUT2D eigenvalue weighted by atomic mass is 32.1. The van der Waals surface area contributed by atoms with Crippen molar-refractivity contribution in [3.05, 3.63) is 53.2 Å². The number of aromatic nitrogens is 2. The summed E-state index contributed by atoms with van der Waals surface area (Å²) in [4.78, 5) is 23.4. The average molecular weight is 368 g/mol. The predicted molar refractivity (Wildman–Crippen MR) is 101 cm³/mol. The molecule has 1 N–H and O–H groups in total. The lowest BCUT2D eigenvalue weighted by Crippen LogP contribution is -2.39. The van der Waals surface area contributed by atoms with E-state index in [2.05, 4.69) is 16.4 Å². The molecule has 3 aromatic rings. The zero-order valence-electron chi connectivity index (χ0n) is 14.5. The highest BCUT2D eigenvalue weighted by Crippen LogP contribution is 2.36. The van der Waals surface area contributed by atoms with Gasteiger partial charge in [-0.15, -0.1) is 11.3 Å². The number of hydrogen-bond donors (Lipinski definition) is 1. The molecule has 1 atom stereocenters. The van der Waals surface area contributed by atoms with Crippen molar-refractivity contribution < 1.29 is 9.53 Å². The van der Waals surface area contributed by atoms with Crippen LogP contribution < -0.4 is 10.1 Å². The van der Waals surface area contributed by atoms with Crippen LogP contribution in [0.2, 0.25) is 0 Å². The van der Waals surface area contributed by atoms with E-state index in [4.69, 9.17) is 9.72 Å². The summed E-state index contributed by atoms with van der Waals surface area (Å²) in [5, 5.41) is 4.02. The van der Waals surface area contributed by atoms with Gasteiger partial charge in [0.15, 0.2) is 0 Å². The van der Waals surface area contributed by atoms with Crippen LogP contribution in [0.5, 0.6) is 5.88 Å². The Labute approximate surface area is 155 Å². The molecule has 134 valence electrons. The molecule has 1 aliphatic heterocycles. The molecule has 4 rings (SSSR count). The fourth-order valence-electron chi connectivity index (χ4n) is 3.25. The number of carbonyl (C=O) groups is 1. The van der Waals surface area contributed by atoms with Gasteiger partial charge in [0.1, 0.15) is 5.01 Å². The predicted octanol–water partition coefficient (Wildman–Crippen LogP) is 3.75. The molecule has 7 heteroatoms. The van der Waals surface area contributed by atoms with Gasteiger partial charge in [-0.25, -0.2) is 14.8 Å². The summed E-state index contributed by atoms with van der Waals surface area (Å²) in [6.07, 6.45) is 3.63. The summed E-state index contributed by atoms with van der Waals surface area (Å²) in [5.41, 5.74) is 1.96. The van der Waals surface area contributed by atoms with Crippen molar-refractivity contribution in [1.82, 2.24) is 20.2 Å². The second-order valence-corrected chi connectivity index (χ2v) is 7.30. The van der Waals surface area contributed by atoms with Crippen molar-refractivity contribution in [2.45, 2.75) is 25.4 Å². The number of urea groups is 1. The van der Waals surface area contributed by atoms with E-state index in [1.54, 1.807) is 24.6 Å². The lowest BCUT2D eigenvalue weighted by atomic mass is 10.2. The minimum absolute atomic E-state index is 0.0532. The number of nitrogens with one attached hydrogen (secondary N) is 1. The molecular formula is C19H20N4O2S. The van der Waals surface area contributed by atoms with Crippen LogP contribution in [0.1, 0.15) is 29.5 Å². The van der Waals surface area contributed by atoms with Gasteiger partial charge in [-0.05, 0) is 36.6 Å². The average Bonchev–Trinajstić information content (AvgIpc) is 3.32. The molecule has 0 aliphatic carbocycles. The lowest BCUT2D eigenvalue weighted by Gasteiger charge is -2.23. The molecule has 26 heavy (non-hydrogen) atoms. The van der Waals surface area contributed by atoms with E-state index in [1.165, 1.54) is 4.70 Å². The Morgan fingerprint density at radius 3 is 3.12 bits per heavy atom. The van der Waals surface area contributed by atoms with E-state index >= 15 is 0 Å². The molecule has 1 fully saturated rings. The number of methoxy groups -OCH3 is 1. The lowest BCUT2D eigenvalue weighted by molar-refractivity contribution is 0.192. The van der Waals surface area contributed by atoms with E-state index in [0.717, 1.165) is 35.5 Å². The van der Waals surface area contributed by atoms with Crippen LogP contribution in [0.25, 0.3) is 10.2 Å². The Morgan fingerprint density at radius 1 is 1.38 bits per heavy atom. The molecule has 1 aliphatic rings. The number of pyridine rings is 1. The Hall–Kier alpha value is -2.67. The van der Waals surface area contributed by atoms with Gasteiger partial charge >= 0.3 is 6.03 Å². The molecule has 6 nitrogen and oxygen atoms in total. The van der Waals surface area contributed by atoms with Gasteiger partial charge in [-0.1, -0.05) is 12.1 Å². The number of likely N-dealkylation sites (tertiary alicyclic amines) is 1. The zero-order valence-corrected chi connectivity index (χ0v) is 15.3. The maximum absolute atomic E-state index is 12.7. The fourth-order valence-corrected chi connectivity index (χ4v) is 4.37. The Balaban J connectivity index is 1.46. The molecule has 1 aromatic carbocycles. The second kappa shape index (κ2) is 7.29. The minimum Gasteiger partial charge on any atom is -0.481 e. The van der Waals surface area contributed by atoms with Gasteiger partial charge < -0.3 is 15.0 Å². The first kappa shape index (κ1) is 16.8. The highest BCUT2D eigenvalue weighted by molar-refractivity contribution is 7.18. The summed E-state index contributed by atoms with van der Waals surface area (Å²) in [6, 6.07) is 11.8. The van der Waals surface area contributed by atoms with E-state index in [9.17, 15) is 4.79 Å². The van der Waals surface area contributed by atoms with E-state index in [1.807, 2.05) is 35.2 Å². The van der Waals surface area contributed by atoms with E-state index in [-0.39, 0.29) is 12.1 Å². The maximum Gasteiger partial charge on any atom is 0.318 e. The fraction of sp³-hybridized carbons (Fsp3) is 0.316. The third kappa shape index (κ3) is 3.35. The summed E-state index contributed by atoms with van der Waals surface area (Å²) in [6.45, 7) is 1.20. The number of amides is 2. The summed E-state index contributed by atoms with van der Waals surface area (Å²) in [7, 11) is 1.58. The van der Waals surface area contributed by atoms with Gasteiger partial charge in [0, 0.05) is 25.4 Å². The number of nitrogens with zero attached hydrogens (tertiary/aromatic N) is 3. The molecule has 1 saturated heterocycles. The molecule has 0 spiro atoms. The number of benzene rings is 1. The first-order valence-electron chi connectivity index (χ1n) is 8.63. The van der Waals surface area contributed by atoms with Gasteiger partial charge in [-0.2, -0.15) is 0 Å². The number of rotatable bonds is 4. The summed E-state index contributed by atoms with van der Waals surface area (Å²) in [5.74, 6) is 0.547. The van der Waals surface area contributed by atoms with Gasteiger partial charge in [-0.3, -0.25) is 0 Å². The number of ether oxygens (including phenoxy) is 1. The Morgan fingerprint density at radius 2 is 2.27 bits per heavy atom. The highest BCUT2D eigenvalue weighted by Gasteiger charge is 2.32. The van der Waals surface area contributed by atoms with Crippen molar-refractivity contribution in [3.63, 3.8) is 0 Å². The normalized spacial score (nSPS) is 16.8. The number of para-hydroxylation sites is 1. The quantitative estimate of drug-likeness (QED) is 0.762. The zero-order chi connectivity index (χ0) is 17.9. The summed E-state index contributed by atoms with van der Waals surface area (Å²) < 4.78 is 6.29.